The van der Waals surface area contributed by atoms with Gasteiger partial charge in [0.05, 0.1) is 12.8 Å². The quantitative estimate of drug-likeness (QED) is 0.739. The fraction of sp³-hybridized carbons (Fsp3) is 0.235. The minimum atomic E-state index is -0.447. The van der Waals surface area contributed by atoms with E-state index in [1.165, 1.54) is 12.7 Å². The maximum atomic E-state index is 12.3. The van der Waals surface area contributed by atoms with Crippen molar-refractivity contribution in [3.05, 3.63) is 46.6 Å². The number of amides is 1. The van der Waals surface area contributed by atoms with E-state index in [4.69, 9.17) is 4.74 Å². The lowest BCUT2D eigenvalue weighted by Crippen LogP contribution is -2.18. The Morgan fingerprint density at radius 1 is 1.29 bits per heavy atom. The van der Waals surface area contributed by atoms with Crippen LogP contribution in [0.15, 0.2) is 30.5 Å². The van der Waals surface area contributed by atoms with Gasteiger partial charge in [-0.25, -0.2) is 9.78 Å². The van der Waals surface area contributed by atoms with Crippen LogP contribution in [0.1, 0.15) is 20.9 Å². The van der Waals surface area contributed by atoms with Gasteiger partial charge in [0.25, 0.3) is 0 Å². The molecule has 0 saturated heterocycles. The first kappa shape index (κ1) is 16.2. The third kappa shape index (κ3) is 3.16. The van der Waals surface area contributed by atoms with Crippen LogP contribution in [0.5, 0.6) is 0 Å². The van der Waals surface area contributed by atoms with E-state index in [1.54, 1.807) is 6.92 Å². The number of hydrogen-bond donors (Lipinski definition) is 1. The van der Waals surface area contributed by atoms with Crippen LogP contribution in [0.2, 0.25) is 0 Å². The molecule has 2 heterocycles. The molecule has 0 spiro atoms. The molecule has 0 aliphatic heterocycles. The first-order valence-corrected chi connectivity index (χ1v) is 8.20. The normalized spacial score (nSPS) is 10.8. The predicted molar refractivity (Wildman–Crippen MR) is 93.5 cm³/mol. The number of fused-ring (bicyclic) bond motifs is 1. The van der Waals surface area contributed by atoms with Crippen LogP contribution in [-0.4, -0.2) is 28.5 Å². The number of nitrogens with zero attached hydrogens (tertiary/aromatic N) is 2. The molecule has 0 unspecified atom stereocenters. The Kier molecular flexibility index (Phi) is 4.35. The number of aromatic nitrogens is 2. The second kappa shape index (κ2) is 6.45. The molecule has 0 bridgehead atoms. The summed E-state index contributed by atoms with van der Waals surface area (Å²) in [5.74, 6) is -0.643. The Bertz CT molecular complexity index is 926. The fourth-order valence-electron chi connectivity index (χ4n) is 2.50. The number of benzene rings is 1. The van der Waals surface area contributed by atoms with E-state index in [0.29, 0.717) is 15.7 Å². The first-order chi connectivity index (χ1) is 11.5. The Balaban J connectivity index is 1.74. The standard InChI is InChI=1S/C17H17N3O3S/c1-10-4-5-13-12(8-10)6-7-20(13)9-14(21)19-17-18-11(2)15(24-17)16(22)23-3/h4-8H,9H2,1-3H3,(H,18,19,21). The number of nitrogens with one attached hydrogen (secondary N) is 1. The number of aryl methyl sites for hydroxylation is 2. The summed E-state index contributed by atoms with van der Waals surface area (Å²) in [4.78, 5) is 28.5. The molecule has 7 heteroatoms. The van der Waals surface area contributed by atoms with Gasteiger partial charge in [0.1, 0.15) is 11.4 Å². The third-order valence-electron chi connectivity index (χ3n) is 3.65. The van der Waals surface area contributed by atoms with Crippen LogP contribution >= 0.6 is 11.3 Å². The van der Waals surface area contributed by atoms with Gasteiger partial charge in [-0.3, -0.25) is 4.79 Å². The van der Waals surface area contributed by atoms with Crippen LogP contribution in [-0.2, 0) is 16.1 Å². The Morgan fingerprint density at radius 2 is 2.08 bits per heavy atom. The van der Waals surface area contributed by atoms with Crippen LogP contribution in [0.4, 0.5) is 5.13 Å². The Morgan fingerprint density at radius 3 is 2.83 bits per heavy atom. The van der Waals surface area contributed by atoms with E-state index >= 15 is 0 Å². The summed E-state index contributed by atoms with van der Waals surface area (Å²) >= 11 is 1.11. The van der Waals surface area contributed by atoms with Crippen molar-refractivity contribution in [2.45, 2.75) is 20.4 Å². The maximum Gasteiger partial charge on any atom is 0.350 e. The molecule has 0 atom stereocenters. The summed E-state index contributed by atoms with van der Waals surface area (Å²) in [5.41, 5.74) is 2.73. The summed E-state index contributed by atoms with van der Waals surface area (Å²) in [6.45, 7) is 3.92. The van der Waals surface area contributed by atoms with Crippen LogP contribution in [0.3, 0.4) is 0 Å². The maximum absolute atomic E-state index is 12.3. The molecular formula is C17H17N3O3S. The molecule has 0 fully saturated rings. The number of carbonyl (C=O) groups is 2. The monoisotopic (exact) mass is 343 g/mol. The summed E-state index contributed by atoms with van der Waals surface area (Å²) in [6, 6.07) is 8.08. The molecule has 3 rings (SSSR count). The lowest BCUT2D eigenvalue weighted by Gasteiger charge is -2.05. The number of anilines is 1. The highest BCUT2D eigenvalue weighted by Gasteiger charge is 2.17. The van der Waals surface area contributed by atoms with Crippen molar-refractivity contribution in [3.63, 3.8) is 0 Å². The van der Waals surface area contributed by atoms with Gasteiger partial charge < -0.3 is 14.6 Å². The van der Waals surface area contributed by atoms with Gasteiger partial charge in [0, 0.05) is 11.7 Å². The second-order valence-electron chi connectivity index (χ2n) is 5.48. The zero-order valence-corrected chi connectivity index (χ0v) is 14.4. The van der Waals surface area contributed by atoms with Crippen molar-refractivity contribution in [1.82, 2.24) is 9.55 Å². The molecule has 0 saturated carbocycles. The largest absolute Gasteiger partial charge is 0.465 e. The SMILES string of the molecule is COC(=O)c1sc(NC(=O)Cn2ccc3cc(C)ccc32)nc1C. The van der Waals surface area contributed by atoms with Crippen molar-refractivity contribution < 1.29 is 14.3 Å². The second-order valence-corrected chi connectivity index (χ2v) is 6.48. The number of carbonyl (C=O) groups excluding carboxylic acids is 2. The number of rotatable bonds is 4. The highest BCUT2D eigenvalue weighted by Crippen LogP contribution is 2.23. The van der Waals surface area contributed by atoms with Crippen molar-refractivity contribution in [3.8, 4) is 0 Å². The Labute approximate surface area is 143 Å². The van der Waals surface area contributed by atoms with Crippen LogP contribution in [0, 0.1) is 13.8 Å². The van der Waals surface area contributed by atoms with Crippen molar-refractivity contribution >= 4 is 39.2 Å². The summed E-state index contributed by atoms with van der Waals surface area (Å²) in [6.07, 6.45) is 1.89. The third-order valence-corrected chi connectivity index (χ3v) is 4.71. The van der Waals surface area contributed by atoms with Crippen molar-refractivity contribution in [1.29, 1.82) is 0 Å². The molecular weight excluding hydrogens is 326 g/mol. The molecule has 0 aliphatic rings. The molecule has 2 aromatic heterocycles. The smallest absolute Gasteiger partial charge is 0.350 e. The topological polar surface area (TPSA) is 73.2 Å². The summed E-state index contributed by atoms with van der Waals surface area (Å²) in [7, 11) is 1.32. The first-order valence-electron chi connectivity index (χ1n) is 7.39. The highest BCUT2D eigenvalue weighted by molar-refractivity contribution is 7.17. The van der Waals surface area contributed by atoms with Gasteiger partial charge in [0.2, 0.25) is 5.91 Å². The molecule has 0 aliphatic carbocycles. The van der Waals surface area contributed by atoms with Gasteiger partial charge in [-0.15, -0.1) is 0 Å². The zero-order valence-electron chi connectivity index (χ0n) is 13.6. The average Bonchev–Trinajstić information content (AvgIpc) is 3.10. The van der Waals surface area contributed by atoms with Crippen LogP contribution < -0.4 is 5.32 Å². The van der Waals surface area contributed by atoms with Gasteiger partial charge in [-0.05, 0) is 37.4 Å². The molecule has 24 heavy (non-hydrogen) atoms. The molecule has 1 aromatic carbocycles. The highest BCUT2D eigenvalue weighted by atomic mass is 32.1. The van der Waals surface area contributed by atoms with Gasteiger partial charge in [-0.2, -0.15) is 0 Å². The fourth-order valence-corrected chi connectivity index (χ4v) is 3.40. The van der Waals surface area contributed by atoms with Gasteiger partial charge in [-0.1, -0.05) is 23.0 Å². The van der Waals surface area contributed by atoms with E-state index in [-0.39, 0.29) is 12.5 Å². The van der Waals surface area contributed by atoms with Gasteiger partial charge in [0.15, 0.2) is 5.13 Å². The average molecular weight is 343 g/mol. The zero-order chi connectivity index (χ0) is 17.3. The molecule has 0 radical (unpaired) electrons. The molecule has 3 aromatic rings. The number of hydrogen-bond acceptors (Lipinski definition) is 5. The van der Waals surface area contributed by atoms with Crippen molar-refractivity contribution in [2.24, 2.45) is 0 Å². The number of ether oxygens (including phenoxy) is 1. The van der Waals surface area contributed by atoms with E-state index in [2.05, 4.69) is 16.4 Å². The summed E-state index contributed by atoms with van der Waals surface area (Å²) < 4.78 is 6.57. The molecule has 1 N–H and O–H groups in total. The lowest BCUT2D eigenvalue weighted by atomic mass is 10.2. The molecule has 124 valence electrons. The van der Waals surface area contributed by atoms with E-state index in [1.807, 2.05) is 35.9 Å². The Hall–Kier alpha value is -2.67. The van der Waals surface area contributed by atoms with E-state index in [9.17, 15) is 9.59 Å². The van der Waals surface area contributed by atoms with Gasteiger partial charge >= 0.3 is 5.97 Å². The lowest BCUT2D eigenvalue weighted by molar-refractivity contribution is -0.116. The molecule has 1 amide bonds. The van der Waals surface area contributed by atoms with E-state index < -0.39 is 5.97 Å². The van der Waals surface area contributed by atoms with E-state index in [0.717, 1.165) is 22.2 Å². The summed E-state index contributed by atoms with van der Waals surface area (Å²) in [5, 5.41) is 4.23. The number of thiazole rings is 1. The predicted octanol–water partition coefficient (Wildman–Crippen LogP) is 3.14. The minimum absolute atomic E-state index is 0.179. The van der Waals surface area contributed by atoms with Crippen LogP contribution in [0.25, 0.3) is 10.9 Å². The minimum Gasteiger partial charge on any atom is -0.465 e. The number of methoxy groups -OCH3 is 1. The van der Waals surface area contributed by atoms with Crippen molar-refractivity contribution in [2.75, 3.05) is 12.4 Å². The number of esters is 1. The molecule has 6 nitrogen and oxygen atoms in total.